The van der Waals surface area contributed by atoms with Crippen LogP contribution in [-0.2, 0) is 0 Å². The molecule has 17 heavy (non-hydrogen) atoms. The fourth-order valence-corrected chi connectivity index (χ4v) is 1.83. The summed E-state index contributed by atoms with van der Waals surface area (Å²) in [6, 6.07) is 3.09. The number of halogens is 2. The van der Waals surface area contributed by atoms with Crippen LogP contribution in [0.2, 0.25) is 10.3 Å². The highest BCUT2D eigenvalue weighted by Gasteiger charge is 2.17. The summed E-state index contributed by atoms with van der Waals surface area (Å²) in [5.74, 6) is -0.199. The predicted molar refractivity (Wildman–Crippen MR) is 67.5 cm³/mol. The molecule has 0 aromatic carbocycles. The van der Waals surface area contributed by atoms with E-state index < -0.39 is 0 Å². The number of nitrogens with zero attached hydrogens (tertiary/aromatic N) is 2. The van der Waals surface area contributed by atoms with Gasteiger partial charge in [0, 0.05) is 19.7 Å². The Balaban J connectivity index is 2.86. The first kappa shape index (κ1) is 14.2. The number of rotatable bonds is 5. The molecule has 0 spiro atoms. The zero-order valence-electron chi connectivity index (χ0n) is 9.49. The van der Waals surface area contributed by atoms with Crippen LogP contribution < -0.4 is 0 Å². The van der Waals surface area contributed by atoms with Crippen LogP contribution in [0.5, 0.6) is 0 Å². The van der Waals surface area contributed by atoms with Crippen LogP contribution in [0, 0.1) is 0 Å². The van der Waals surface area contributed by atoms with Crippen LogP contribution >= 0.6 is 23.2 Å². The molecule has 1 heterocycles. The highest BCUT2D eigenvalue weighted by atomic mass is 35.5. The summed E-state index contributed by atoms with van der Waals surface area (Å²) in [5.41, 5.74) is 0.329. The summed E-state index contributed by atoms with van der Waals surface area (Å²) in [7, 11) is 0. The number of aliphatic hydroxyl groups excluding tert-OH is 1. The lowest BCUT2D eigenvalue weighted by Gasteiger charge is -2.20. The van der Waals surface area contributed by atoms with E-state index in [1.165, 1.54) is 6.07 Å². The van der Waals surface area contributed by atoms with Gasteiger partial charge in [-0.1, -0.05) is 23.2 Å². The molecule has 1 amide bonds. The molecule has 0 radical (unpaired) electrons. The van der Waals surface area contributed by atoms with Crippen molar-refractivity contribution in [2.24, 2.45) is 0 Å². The highest BCUT2D eigenvalue weighted by Crippen LogP contribution is 2.18. The number of aliphatic hydroxyl groups is 1. The second kappa shape index (κ2) is 6.79. The van der Waals surface area contributed by atoms with Crippen LogP contribution in [0.15, 0.2) is 12.1 Å². The topological polar surface area (TPSA) is 53.4 Å². The normalized spacial score (nSPS) is 10.4. The molecule has 0 atom stereocenters. The van der Waals surface area contributed by atoms with Gasteiger partial charge in [0.25, 0.3) is 5.91 Å². The molecule has 0 aliphatic heterocycles. The first-order valence-corrected chi connectivity index (χ1v) is 6.08. The molecule has 0 aliphatic rings. The van der Waals surface area contributed by atoms with Gasteiger partial charge in [0.1, 0.15) is 10.3 Å². The van der Waals surface area contributed by atoms with Crippen molar-refractivity contribution < 1.29 is 9.90 Å². The first-order valence-electron chi connectivity index (χ1n) is 5.32. The first-order chi connectivity index (χ1) is 8.10. The lowest BCUT2D eigenvalue weighted by atomic mass is 10.2. The lowest BCUT2D eigenvalue weighted by Crippen LogP contribution is -2.32. The largest absolute Gasteiger partial charge is 0.396 e. The Morgan fingerprint density at radius 2 is 2.18 bits per heavy atom. The van der Waals surface area contributed by atoms with Crippen LogP contribution in [0.3, 0.4) is 0 Å². The minimum absolute atomic E-state index is 0.0520. The molecule has 0 aliphatic carbocycles. The molecule has 1 rings (SSSR count). The van der Waals surface area contributed by atoms with Gasteiger partial charge in [-0.15, -0.1) is 0 Å². The molecule has 6 heteroatoms. The fraction of sp³-hybridized carbons (Fsp3) is 0.455. The quantitative estimate of drug-likeness (QED) is 0.840. The Morgan fingerprint density at radius 1 is 1.47 bits per heavy atom. The van der Waals surface area contributed by atoms with Gasteiger partial charge in [0.05, 0.1) is 5.56 Å². The van der Waals surface area contributed by atoms with Gasteiger partial charge in [0.15, 0.2) is 0 Å². The molecule has 4 nitrogen and oxygen atoms in total. The van der Waals surface area contributed by atoms with Crippen molar-refractivity contribution in [3.05, 3.63) is 28.0 Å². The Morgan fingerprint density at radius 3 is 2.71 bits per heavy atom. The monoisotopic (exact) mass is 276 g/mol. The molecule has 1 N–H and O–H groups in total. The minimum atomic E-state index is -0.199. The third-order valence-corrected chi connectivity index (χ3v) is 2.80. The van der Waals surface area contributed by atoms with Crippen LogP contribution in [0.25, 0.3) is 0 Å². The molecule has 0 fully saturated rings. The van der Waals surface area contributed by atoms with E-state index in [4.69, 9.17) is 28.3 Å². The third-order valence-electron chi connectivity index (χ3n) is 2.30. The van der Waals surface area contributed by atoms with Crippen molar-refractivity contribution in [3.63, 3.8) is 0 Å². The molecule has 1 aromatic rings. The van der Waals surface area contributed by atoms with Gasteiger partial charge >= 0.3 is 0 Å². The van der Waals surface area contributed by atoms with Crippen molar-refractivity contribution in [3.8, 4) is 0 Å². The van der Waals surface area contributed by atoms with Gasteiger partial charge in [-0.05, 0) is 25.5 Å². The molecule has 1 aromatic heterocycles. The second-order valence-electron chi connectivity index (χ2n) is 3.43. The van der Waals surface area contributed by atoms with E-state index in [9.17, 15) is 4.79 Å². The van der Waals surface area contributed by atoms with E-state index in [1.807, 2.05) is 6.92 Å². The molecule has 0 bridgehead atoms. The summed E-state index contributed by atoms with van der Waals surface area (Å²) in [5, 5.41) is 9.12. The van der Waals surface area contributed by atoms with Crippen molar-refractivity contribution in [2.75, 3.05) is 19.7 Å². The molecule has 0 saturated heterocycles. The Bertz CT molecular complexity index is 399. The van der Waals surface area contributed by atoms with E-state index in [2.05, 4.69) is 4.98 Å². The SMILES string of the molecule is CCN(CCCO)C(=O)c1ccc(Cl)nc1Cl. The van der Waals surface area contributed by atoms with E-state index in [1.54, 1.807) is 11.0 Å². The van der Waals surface area contributed by atoms with E-state index in [0.717, 1.165) is 0 Å². The molecular weight excluding hydrogens is 263 g/mol. The van der Waals surface area contributed by atoms with E-state index >= 15 is 0 Å². The van der Waals surface area contributed by atoms with Gasteiger partial charge < -0.3 is 10.0 Å². The van der Waals surface area contributed by atoms with Gasteiger partial charge in [-0.25, -0.2) is 4.98 Å². The van der Waals surface area contributed by atoms with Gasteiger partial charge in [-0.3, -0.25) is 4.79 Å². The second-order valence-corrected chi connectivity index (χ2v) is 4.18. The maximum absolute atomic E-state index is 12.1. The Kier molecular flexibility index (Phi) is 5.68. The molecular formula is C11H14Cl2N2O2. The summed E-state index contributed by atoms with van der Waals surface area (Å²) < 4.78 is 0. The molecule has 0 unspecified atom stereocenters. The van der Waals surface area contributed by atoms with Crippen molar-refractivity contribution >= 4 is 29.1 Å². The van der Waals surface area contributed by atoms with Crippen molar-refractivity contribution in [2.45, 2.75) is 13.3 Å². The summed E-state index contributed by atoms with van der Waals surface area (Å²) in [6.45, 7) is 2.96. The van der Waals surface area contributed by atoms with Gasteiger partial charge in [-0.2, -0.15) is 0 Å². The number of hydrogen-bond donors (Lipinski definition) is 1. The smallest absolute Gasteiger partial charge is 0.256 e. The number of hydrogen-bond acceptors (Lipinski definition) is 3. The van der Waals surface area contributed by atoms with Gasteiger partial charge in [0.2, 0.25) is 0 Å². The summed E-state index contributed by atoms with van der Waals surface area (Å²) in [4.78, 5) is 17.5. The number of carbonyl (C=O) groups excluding carboxylic acids is 1. The number of carbonyl (C=O) groups is 1. The predicted octanol–water partition coefficient (Wildman–Crippen LogP) is 2.23. The Hall–Kier alpha value is -0.840. The average molecular weight is 277 g/mol. The third kappa shape index (κ3) is 3.84. The molecule has 94 valence electrons. The Labute approximate surface area is 110 Å². The fourth-order valence-electron chi connectivity index (χ4n) is 1.41. The van der Waals surface area contributed by atoms with Crippen LogP contribution in [0.4, 0.5) is 0 Å². The number of aromatic nitrogens is 1. The maximum Gasteiger partial charge on any atom is 0.256 e. The highest BCUT2D eigenvalue weighted by molar-refractivity contribution is 6.34. The molecule has 0 saturated carbocycles. The number of amides is 1. The van der Waals surface area contributed by atoms with Crippen molar-refractivity contribution in [1.29, 1.82) is 0 Å². The van der Waals surface area contributed by atoms with Crippen molar-refractivity contribution in [1.82, 2.24) is 9.88 Å². The summed E-state index contributed by atoms with van der Waals surface area (Å²) >= 11 is 11.5. The zero-order valence-corrected chi connectivity index (χ0v) is 11.0. The van der Waals surface area contributed by atoms with Crippen LogP contribution in [-0.4, -0.2) is 40.6 Å². The van der Waals surface area contributed by atoms with E-state index in [0.29, 0.717) is 25.1 Å². The maximum atomic E-state index is 12.1. The lowest BCUT2D eigenvalue weighted by molar-refractivity contribution is 0.0754. The van der Waals surface area contributed by atoms with E-state index in [-0.39, 0.29) is 22.8 Å². The standard InChI is InChI=1S/C11H14Cl2N2O2/c1-2-15(6-3-7-16)11(17)8-4-5-9(12)14-10(8)13/h4-5,16H,2-3,6-7H2,1H3. The minimum Gasteiger partial charge on any atom is -0.396 e. The van der Waals surface area contributed by atoms with Crippen LogP contribution in [0.1, 0.15) is 23.7 Å². The zero-order chi connectivity index (χ0) is 12.8. The summed E-state index contributed by atoms with van der Waals surface area (Å²) in [6.07, 6.45) is 0.540. The average Bonchev–Trinajstić information content (AvgIpc) is 2.29. The number of pyridine rings is 1.